The maximum absolute atomic E-state index is 14.0. The lowest BCUT2D eigenvalue weighted by molar-refractivity contribution is -0.139. The number of anilines is 1. The first-order valence-electron chi connectivity index (χ1n) is 13.5. The number of nitrogens with zero attached hydrogens (tertiary/aromatic N) is 2. The van der Waals surface area contributed by atoms with Gasteiger partial charge >= 0.3 is 0 Å². The van der Waals surface area contributed by atoms with E-state index in [1.807, 2.05) is 77.9 Å². The molecule has 2 amide bonds. The van der Waals surface area contributed by atoms with Crippen LogP contribution in [0.3, 0.4) is 0 Å². The molecule has 3 aromatic carbocycles. The summed E-state index contributed by atoms with van der Waals surface area (Å²) >= 11 is 0. The van der Waals surface area contributed by atoms with Gasteiger partial charge in [0.05, 0.1) is 10.6 Å². The van der Waals surface area contributed by atoms with Crippen LogP contribution in [0.25, 0.3) is 0 Å². The van der Waals surface area contributed by atoms with Gasteiger partial charge in [-0.2, -0.15) is 0 Å². The second kappa shape index (κ2) is 12.7. The topological polar surface area (TPSA) is 86.8 Å². The lowest BCUT2D eigenvalue weighted by Crippen LogP contribution is -2.55. The first-order valence-corrected chi connectivity index (χ1v) is 14.9. The quantitative estimate of drug-likeness (QED) is 0.368. The van der Waals surface area contributed by atoms with Gasteiger partial charge in [0.2, 0.25) is 11.8 Å². The van der Waals surface area contributed by atoms with Gasteiger partial charge < -0.3 is 10.2 Å². The second-order valence-electron chi connectivity index (χ2n) is 11.3. The van der Waals surface area contributed by atoms with Gasteiger partial charge in [-0.25, -0.2) is 8.42 Å². The molecule has 40 heavy (non-hydrogen) atoms. The number of aryl methyl sites for hydroxylation is 3. The summed E-state index contributed by atoms with van der Waals surface area (Å²) in [4.78, 5) is 28.7. The number of nitrogens with one attached hydrogen (secondary N) is 1. The van der Waals surface area contributed by atoms with E-state index in [9.17, 15) is 18.0 Å². The predicted molar refractivity (Wildman–Crippen MR) is 161 cm³/mol. The minimum atomic E-state index is -4.09. The highest BCUT2D eigenvalue weighted by atomic mass is 32.2. The highest BCUT2D eigenvalue weighted by molar-refractivity contribution is 7.92. The number of amides is 2. The Bertz CT molecular complexity index is 1430. The van der Waals surface area contributed by atoms with E-state index in [2.05, 4.69) is 5.32 Å². The molecule has 8 heteroatoms. The lowest BCUT2D eigenvalue weighted by Gasteiger charge is -2.33. The molecule has 7 nitrogen and oxygen atoms in total. The van der Waals surface area contributed by atoms with Crippen molar-refractivity contribution in [2.45, 2.75) is 71.4 Å². The number of benzene rings is 3. The van der Waals surface area contributed by atoms with Crippen LogP contribution in [-0.2, 0) is 26.0 Å². The molecule has 0 aliphatic rings. The number of carbonyl (C=O) groups excluding carboxylic acids is 2. The van der Waals surface area contributed by atoms with Crippen LogP contribution in [-0.4, -0.2) is 49.8 Å². The summed E-state index contributed by atoms with van der Waals surface area (Å²) in [6, 6.07) is 20.8. The van der Waals surface area contributed by atoms with Gasteiger partial charge in [-0.3, -0.25) is 13.9 Å². The first kappa shape index (κ1) is 30.9. The Morgan fingerprint density at radius 1 is 0.875 bits per heavy atom. The van der Waals surface area contributed by atoms with Crippen molar-refractivity contribution in [1.82, 2.24) is 10.2 Å². The van der Waals surface area contributed by atoms with Crippen LogP contribution in [0.15, 0.2) is 77.7 Å². The molecule has 1 atom stereocenters. The normalized spacial score (nSPS) is 12.5. The van der Waals surface area contributed by atoms with Crippen LogP contribution in [0.4, 0.5) is 5.69 Å². The summed E-state index contributed by atoms with van der Waals surface area (Å²) in [6.45, 7) is 12.9. The SMILES string of the molecule is Cc1ccc(S(=O)(=O)N(CC(=O)N(CCc2ccccc2)C(C)C(=O)NC(C)(C)C)c2ccc(C)c(C)c2)cc1. The molecule has 214 valence electrons. The van der Waals surface area contributed by atoms with Gasteiger partial charge in [0, 0.05) is 12.1 Å². The van der Waals surface area contributed by atoms with E-state index in [1.54, 1.807) is 43.3 Å². The fourth-order valence-electron chi connectivity index (χ4n) is 4.29. The fraction of sp³-hybridized carbons (Fsp3) is 0.375. The molecule has 0 aromatic heterocycles. The van der Waals surface area contributed by atoms with Gasteiger partial charge in [0.25, 0.3) is 10.0 Å². The molecule has 3 aromatic rings. The maximum Gasteiger partial charge on any atom is 0.264 e. The van der Waals surface area contributed by atoms with Crippen LogP contribution < -0.4 is 9.62 Å². The largest absolute Gasteiger partial charge is 0.350 e. The molecule has 1 N–H and O–H groups in total. The summed E-state index contributed by atoms with van der Waals surface area (Å²) in [5.41, 5.74) is 3.78. The molecule has 0 spiro atoms. The van der Waals surface area contributed by atoms with Crippen molar-refractivity contribution in [2.24, 2.45) is 0 Å². The third-order valence-electron chi connectivity index (χ3n) is 6.82. The molecule has 3 rings (SSSR count). The van der Waals surface area contributed by atoms with Crippen LogP contribution >= 0.6 is 0 Å². The minimum absolute atomic E-state index is 0.0958. The Kier molecular flexibility index (Phi) is 9.79. The number of hydrogen-bond acceptors (Lipinski definition) is 4. The lowest BCUT2D eigenvalue weighted by atomic mass is 10.1. The van der Waals surface area contributed by atoms with Crippen molar-refractivity contribution in [1.29, 1.82) is 0 Å². The summed E-state index contributed by atoms with van der Waals surface area (Å²) < 4.78 is 29.0. The molecule has 0 fully saturated rings. The average molecular weight is 564 g/mol. The van der Waals surface area contributed by atoms with Crippen molar-refractivity contribution in [2.75, 3.05) is 17.4 Å². The van der Waals surface area contributed by atoms with Crippen molar-refractivity contribution in [3.63, 3.8) is 0 Å². The number of hydrogen-bond donors (Lipinski definition) is 1. The molecule has 0 saturated heterocycles. The molecule has 0 aliphatic carbocycles. The van der Waals surface area contributed by atoms with E-state index >= 15 is 0 Å². The minimum Gasteiger partial charge on any atom is -0.350 e. The molecular weight excluding hydrogens is 522 g/mol. The smallest absolute Gasteiger partial charge is 0.264 e. The van der Waals surface area contributed by atoms with E-state index in [0.29, 0.717) is 12.1 Å². The van der Waals surface area contributed by atoms with Crippen LogP contribution in [0.1, 0.15) is 49.9 Å². The van der Waals surface area contributed by atoms with Crippen LogP contribution in [0.5, 0.6) is 0 Å². The molecule has 1 unspecified atom stereocenters. The summed E-state index contributed by atoms with van der Waals surface area (Å²) in [7, 11) is -4.09. The standard InChI is InChI=1S/C32H41N3O4S/c1-23-13-17-29(18-14-23)40(38,39)35(28-16-15-24(2)25(3)21-28)22-30(36)34(20-19-27-11-9-8-10-12-27)26(4)31(37)33-32(5,6)7/h8-18,21,26H,19-20,22H2,1-7H3,(H,33,37). The number of rotatable bonds is 10. The summed E-state index contributed by atoms with van der Waals surface area (Å²) in [5.74, 6) is -0.755. The Morgan fingerprint density at radius 2 is 1.50 bits per heavy atom. The van der Waals surface area contributed by atoms with Crippen molar-refractivity contribution < 1.29 is 18.0 Å². The van der Waals surface area contributed by atoms with Crippen molar-refractivity contribution >= 4 is 27.5 Å². The van der Waals surface area contributed by atoms with Crippen LogP contribution in [0.2, 0.25) is 0 Å². The van der Waals surface area contributed by atoms with Gasteiger partial charge in [0.1, 0.15) is 12.6 Å². The van der Waals surface area contributed by atoms with Gasteiger partial charge in [0.15, 0.2) is 0 Å². The fourth-order valence-corrected chi connectivity index (χ4v) is 5.70. The third kappa shape index (κ3) is 7.94. The highest BCUT2D eigenvalue weighted by Crippen LogP contribution is 2.26. The highest BCUT2D eigenvalue weighted by Gasteiger charge is 2.33. The van der Waals surface area contributed by atoms with Gasteiger partial charge in [-0.15, -0.1) is 0 Å². The Balaban J connectivity index is 2.01. The van der Waals surface area contributed by atoms with E-state index in [4.69, 9.17) is 0 Å². The maximum atomic E-state index is 14.0. The number of sulfonamides is 1. The van der Waals surface area contributed by atoms with Crippen molar-refractivity contribution in [3.05, 3.63) is 95.1 Å². The number of carbonyl (C=O) groups is 2. The molecule has 0 radical (unpaired) electrons. The molecule has 0 aliphatic heterocycles. The predicted octanol–water partition coefficient (Wildman–Crippen LogP) is 5.18. The Morgan fingerprint density at radius 3 is 2.08 bits per heavy atom. The first-order chi connectivity index (χ1) is 18.7. The molecule has 0 heterocycles. The van der Waals surface area contributed by atoms with E-state index < -0.39 is 34.1 Å². The zero-order valence-corrected chi connectivity index (χ0v) is 25.4. The molecule has 0 saturated carbocycles. The zero-order valence-electron chi connectivity index (χ0n) is 24.6. The van der Waals surface area contributed by atoms with E-state index in [-0.39, 0.29) is 17.3 Å². The zero-order chi connectivity index (χ0) is 29.7. The van der Waals surface area contributed by atoms with E-state index in [0.717, 1.165) is 26.6 Å². The van der Waals surface area contributed by atoms with Gasteiger partial charge in [-0.1, -0.05) is 54.1 Å². The third-order valence-corrected chi connectivity index (χ3v) is 8.60. The van der Waals surface area contributed by atoms with Crippen molar-refractivity contribution in [3.8, 4) is 0 Å². The Hall–Kier alpha value is -3.65. The summed E-state index contributed by atoms with van der Waals surface area (Å²) in [5, 5.41) is 2.95. The van der Waals surface area contributed by atoms with E-state index in [1.165, 1.54) is 4.90 Å². The monoisotopic (exact) mass is 563 g/mol. The summed E-state index contributed by atoms with van der Waals surface area (Å²) in [6.07, 6.45) is 0.522. The van der Waals surface area contributed by atoms with Crippen LogP contribution in [0, 0.1) is 20.8 Å². The molecule has 0 bridgehead atoms. The second-order valence-corrected chi connectivity index (χ2v) is 13.2. The average Bonchev–Trinajstić information content (AvgIpc) is 2.88. The molecular formula is C32H41N3O4S. The Labute approximate surface area is 239 Å². The van der Waals surface area contributed by atoms with Gasteiger partial charge in [-0.05, 0) is 95.8 Å².